The van der Waals surface area contributed by atoms with E-state index in [1.165, 1.54) is 71.6 Å². The Balaban J connectivity index is 0.817. The fourth-order valence-corrected chi connectivity index (χ4v) is 10.0. The average molecular weight is 815 g/mol. The van der Waals surface area contributed by atoms with Crippen LogP contribution in [0.5, 0.6) is 0 Å². The first-order valence-electron chi connectivity index (χ1n) is 21.8. The van der Waals surface area contributed by atoms with Gasteiger partial charge in [0, 0.05) is 49.3 Å². The minimum absolute atomic E-state index is 0.927. The Kier molecular flexibility index (Phi) is 8.18. The second-order valence-corrected chi connectivity index (χ2v) is 16.6. The van der Waals surface area contributed by atoms with Crippen molar-refractivity contribution in [2.45, 2.75) is 0 Å². The van der Waals surface area contributed by atoms with Crippen LogP contribution in [-0.2, 0) is 0 Å². The van der Waals surface area contributed by atoms with Crippen molar-refractivity contribution in [3.05, 3.63) is 231 Å². The Hall–Kier alpha value is -8.60. The predicted molar refractivity (Wildman–Crippen MR) is 267 cm³/mol. The smallest absolute Gasteiger partial charge is 0.116 e. The van der Waals surface area contributed by atoms with Crippen LogP contribution in [-0.4, -0.2) is 19.1 Å². The maximum absolute atomic E-state index is 4.87. The fraction of sp³-hybridized carbons (Fsp3) is 0. The quantitative estimate of drug-likeness (QED) is 0.157. The number of rotatable bonds is 6. The van der Waals surface area contributed by atoms with Gasteiger partial charge in [0.2, 0.25) is 0 Å². The van der Waals surface area contributed by atoms with Gasteiger partial charge in [-0.2, -0.15) is 0 Å². The number of aromatic nitrogens is 4. The van der Waals surface area contributed by atoms with E-state index in [0.29, 0.717) is 0 Å². The molecule has 0 spiro atoms. The minimum Gasteiger partial charge on any atom is -0.309 e. The lowest BCUT2D eigenvalue weighted by Gasteiger charge is -2.12. The zero-order chi connectivity index (χ0) is 42.1. The highest BCUT2D eigenvalue weighted by Crippen LogP contribution is 2.38. The van der Waals surface area contributed by atoms with E-state index >= 15 is 0 Å². The maximum Gasteiger partial charge on any atom is 0.116 e. The first kappa shape index (κ1) is 36.1. The molecule has 10 aromatic carbocycles. The van der Waals surface area contributed by atoms with Gasteiger partial charge in [-0.1, -0.05) is 152 Å². The third-order valence-electron chi connectivity index (χ3n) is 13.0. The van der Waals surface area contributed by atoms with Crippen molar-refractivity contribution in [3.63, 3.8) is 0 Å². The molecule has 13 rings (SSSR count). The highest BCUT2D eigenvalue weighted by Gasteiger charge is 2.16. The lowest BCUT2D eigenvalue weighted by atomic mass is 9.96. The van der Waals surface area contributed by atoms with Crippen LogP contribution < -0.4 is 0 Å². The molecule has 0 amide bonds. The van der Waals surface area contributed by atoms with Crippen molar-refractivity contribution >= 4 is 65.3 Å². The highest BCUT2D eigenvalue weighted by atomic mass is 15.0. The summed E-state index contributed by atoms with van der Waals surface area (Å²) in [5.41, 5.74) is 17.1. The van der Waals surface area contributed by atoms with Crippen LogP contribution in [0.1, 0.15) is 0 Å². The van der Waals surface area contributed by atoms with Gasteiger partial charge in [0.15, 0.2) is 0 Å². The van der Waals surface area contributed by atoms with E-state index in [-0.39, 0.29) is 0 Å². The third kappa shape index (κ3) is 5.77. The molecule has 0 N–H and O–H groups in total. The molecule has 0 aliphatic carbocycles. The Morgan fingerprint density at radius 3 is 1.48 bits per heavy atom. The second-order valence-electron chi connectivity index (χ2n) is 16.6. The highest BCUT2D eigenvalue weighted by molar-refractivity contribution is 6.12. The van der Waals surface area contributed by atoms with Gasteiger partial charge in [0.25, 0.3) is 0 Å². The molecular formula is C60H38N4. The Morgan fingerprint density at radius 2 is 0.766 bits per heavy atom. The molecule has 0 saturated carbocycles. The lowest BCUT2D eigenvalue weighted by Crippen LogP contribution is -1.94. The molecule has 3 heterocycles. The second kappa shape index (κ2) is 14.5. The average Bonchev–Trinajstić information content (AvgIpc) is 3.89. The van der Waals surface area contributed by atoms with Gasteiger partial charge >= 0.3 is 0 Å². The number of hydrogen-bond donors (Lipinski definition) is 0. The van der Waals surface area contributed by atoms with Gasteiger partial charge in [-0.25, -0.2) is 9.97 Å². The summed E-state index contributed by atoms with van der Waals surface area (Å²) in [6, 6.07) is 81.1. The van der Waals surface area contributed by atoms with Crippen LogP contribution >= 0.6 is 0 Å². The number of nitrogens with zero attached hydrogens (tertiary/aromatic N) is 4. The Labute approximate surface area is 369 Å². The van der Waals surface area contributed by atoms with E-state index in [1.54, 1.807) is 6.33 Å². The van der Waals surface area contributed by atoms with Crippen LogP contribution in [0.2, 0.25) is 0 Å². The van der Waals surface area contributed by atoms with Crippen LogP contribution in [0.25, 0.3) is 121 Å². The van der Waals surface area contributed by atoms with Crippen LogP contribution in [0.4, 0.5) is 0 Å². The SMILES string of the molecule is c1ccc(-n2c3ccccc3c3cc(-c4ccc(-c5cccc(-c6ncnc7c6ccc6cc(-c8cccc(-n9c%10ccccc%10c%10ccccc%109)c8)ccc67)c5)cc4)ccc32)cc1. The standard InChI is InChI=1S/C60H38N4/c1-2-15-47(16-3-1)63-57-23-9-6-20-52(57)54-37-44(30-33-58(54)63)40-26-24-39(25-27-40)41-12-10-14-46(35-41)59-53-32-29-45-34-43(28-31-49(45)60(53)62-38-61-59)42-13-11-17-48(36-42)64-55-21-7-4-18-50(55)51-19-5-8-22-56(51)64/h1-38H. The number of benzene rings is 10. The molecule has 13 aromatic rings. The van der Waals surface area contributed by atoms with E-state index in [2.05, 4.69) is 234 Å². The molecular weight excluding hydrogens is 777 g/mol. The molecule has 0 bridgehead atoms. The summed E-state index contributed by atoms with van der Waals surface area (Å²) in [6.07, 6.45) is 1.70. The van der Waals surface area contributed by atoms with Gasteiger partial charge in [-0.15, -0.1) is 0 Å². The Morgan fingerprint density at radius 1 is 0.266 bits per heavy atom. The fourth-order valence-electron chi connectivity index (χ4n) is 10.0. The molecule has 64 heavy (non-hydrogen) atoms. The van der Waals surface area contributed by atoms with Gasteiger partial charge in [-0.3, -0.25) is 0 Å². The molecule has 0 aliphatic heterocycles. The van der Waals surface area contributed by atoms with Crippen molar-refractivity contribution in [1.82, 2.24) is 19.1 Å². The summed E-state index contributed by atoms with van der Waals surface area (Å²) < 4.78 is 4.73. The molecule has 0 fully saturated rings. The minimum atomic E-state index is 0.927. The van der Waals surface area contributed by atoms with E-state index in [0.717, 1.165) is 49.7 Å². The number of hydrogen-bond acceptors (Lipinski definition) is 2. The molecule has 0 saturated heterocycles. The molecule has 0 atom stereocenters. The molecule has 3 aromatic heterocycles. The monoisotopic (exact) mass is 814 g/mol. The van der Waals surface area contributed by atoms with Crippen LogP contribution in [0.3, 0.4) is 0 Å². The first-order valence-corrected chi connectivity index (χ1v) is 21.8. The summed E-state index contributed by atoms with van der Waals surface area (Å²) in [7, 11) is 0. The lowest BCUT2D eigenvalue weighted by molar-refractivity contribution is 1.18. The molecule has 0 aliphatic rings. The van der Waals surface area contributed by atoms with Gasteiger partial charge in [0.05, 0.1) is 33.3 Å². The van der Waals surface area contributed by atoms with Crippen molar-refractivity contribution < 1.29 is 0 Å². The first-order chi connectivity index (χ1) is 31.7. The van der Waals surface area contributed by atoms with Gasteiger partial charge in [-0.05, 0) is 112 Å². The number of para-hydroxylation sites is 4. The molecule has 298 valence electrons. The summed E-state index contributed by atoms with van der Waals surface area (Å²) in [6.45, 7) is 0. The summed E-state index contributed by atoms with van der Waals surface area (Å²) in [5, 5.41) is 8.32. The molecule has 4 nitrogen and oxygen atoms in total. The van der Waals surface area contributed by atoms with E-state index in [4.69, 9.17) is 9.97 Å². The normalized spacial score (nSPS) is 11.8. The molecule has 0 unspecified atom stereocenters. The van der Waals surface area contributed by atoms with E-state index in [1.807, 2.05) is 0 Å². The van der Waals surface area contributed by atoms with Gasteiger partial charge in [0.1, 0.15) is 6.33 Å². The van der Waals surface area contributed by atoms with Crippen molar-refractivity contribution in [2.24, 2.45) is 0 Å². The van der Waals surface area contributed by atoms with Crippen molar-refractivity contribution in [2.75, 3.05) is 0 Å². The summed E-state index contributed by atoms with van der Waals surface area (Å²) >= 11 is 0. The van der Waals surface area contributed by atoms with E-state index in [9.17, 15) is 0 Å². The maximum atomic E-state index is 4.87. The van der Waals surface area contributed by atoms with E-state index < -0.39 is 0 Å². The molecule has 0 radical (unpaired) electrons. The van der Waals surface area contributed by atoms with Crippen molar-refractivity contribution in [3.8, 4) is 56.0 Å². The van der Waals surface area contributed by atoms with Crippen LogP contribution in [0, 0.1) is 0 Å². The summed E-state index contributed by atoms with van der Waals surface area (Å²) in [5.74, 6) is 0. The number of fused-ring (bicyclic) bond motifs is 9. The van der Waals surface area contributed by atoms with Crippen molar-refractivity contribution in [1.29, 1.82) is 0 Å². The third-order valence-corrected chi connectivity index (χ3v) is 13.0. The molecule has 4 heteroatoms. The zero-order valence-corrected chi connectivity index (χ0v) is 34.7. The summed E-state index contributed by atoms with van der Waals surface area (Å²) in [4.78, 5) is 9.73. The largest absolute Gasteiger partial charge is 0.309 e. The zero-order valence-electron chi connectivity index (χ0n) is 34.7. The van der Waals surface area contributed by atoms with Crippen LogP contribution in [0.15, 0.2) is 231 Å². The predicted octanol–water partition coefficient (Wildman–Crippen LogP) is 15.6. The Bertz CT molecular complexity index is 3900. The van der Waals surface area contributed by atoms with Gasteiger partial charge < -0.3 is 9.13 Å². The topological polar surface area (TPSA) is 35.6 Å².